The van der Waals surface area contributed by atoms with Crippen LogP contribution in [0, 0.1) is 11.7 Å². The molecule has 3 rings (SSSR count). The monoisotopic (exact) mass is 390 g/mol. The summed E-state index contributed by atoms with van der Waals surface area (Å²) >= 11 is 1.42. The molecule has 6 nitrogen and oxygen atoms in total. The van der Waals surface area contributed by atoms with Crippen molar-refractivity contribution in [1.82, 2.24) is 19.4 Å². The van der Waals surface area contributed by atoms with Crippen LogP contribution in [0.4, 0.5) is 4.39 Å². The van der Waals surface area contributed by atoms with E-state index in [4.69, 9.17) is 0 Å². The van der Waals surface area contributed by atoms with Gasteiger partial charge in [-0.2, -0.15) is 0 Å². The van der Waals surface area contributed by atoms with Gasteiger partial charge in [0.2, 0.25) is 5.91 Å². The minimum Gasteiger partial charge on any atom is -0.339 e. The van der Waals surface area contributed by atoms with Crippen LogP contribution >= 0.6 is 11.8 Å². The minimum absolute atomic E-state index is 0.0451. The van der Waals surface area contributed by atoms with E-state index in [2.05, 4.69) is 4.98 Å². The summed E-state index contributed by atoms with van der Waals surface area (Å²) in [5.41, 5.74) is 1.13. The fourth-order valence-electron chi connectivity index (χ4n) is 3.13. The van der Waals surface area contributed by atoms with Gasteiger partial charge in [-0.05, 0) is 30.5 Å². The van der Waals surface area contributed by atoms with Crippen LogP contribution in [0.3, 0.4) is 0 Å². The van der Waals surface area contributed by atoms with E-state index in [0.29, 0.717) is 42.7 Å². The lowest BCUT2D eigenvalue weighted by Gasteiger charge is -2.35. The Bertz CT molecular complexity index is 827. The van der Waals surface area contributed by atoms with Crippen LogP contribution in [0.5, 0.6) is 0 Å². The number of thioether (sulfide) groups is 1. The van der Waals surface area contributed by atoms with Gasteiger partial charge in [0.1, 0.15) is 11.5 Å². The van der Waals surface area contributed by atoms with E-state index >= 15 is 0 Å². The summed E-state index contributed by atoms with van der Waals surface area (Å²) in [7, 11) is 0. The van der Waals surface area contributed by atoms with Crippen LogP contribution in [-0.4, -0.2) is 63.6 Å². The van der Waals surface area contributed by atoms with Crippen molar-refractivity contribution in [2.24, 2.45) is 5.92 Å². The topological polar surface area (TPSA) is 58.4 Å². The Morgan fingerprint density at radius 3 is 2.22 bits per heavy atom. The molecule has 27 heavy (non-hydrogen) atoms. The van der Waals surface area contributed by atoms with Gasteiger partial charge in [-0.15, -0.1) is 0 Å². The zero-order valence-electron chi connectivity index (χ0n) is 15.7. The summed E-state index contributed by atoms with van der Waals surface area (Å²) in [5, 5.41) is 0.665. The Morgan fingerprint density at radius 2 is 1.67 bits per heavy atom. The third-order valence-electron chi connectivity index (χ3n) is 4.59. The van der Waals surface area contributed by atoms with Crippen molar-refractivity contribution in [3.8, 4) is 5.69 Å². The lowest BCUT2D eigenvalue weighted by molar-refractivity contribution is -0.135. The van der Waals surface area contributed by atoms with Gasteiger partial charge >= 0.3 is 0 Å². The Balaban J connectivity index is 1.81. The highest BCUT2D eigenvalue weighted by atomic mass is 32.2. The van der Waals surface area contributed by atoms with Crippen LogP contribution in [0.1, 0.15) is 24.3 Å². The maximum atomic E-state index is 13.3. The van der Waals surface area contributed by atoms with Crippen LogP contribution in [0.15, 0.2) is 35.6 Å². The second kappa shape index (κ2) is 8.12. The summed E-state index contributed by atoms with van der Waals surface area (Å²) < 4.78 is 15.0. The molecule has 1 fully saturated rings. The quantitative estimate of drug-likeness (QED) is 0.753. The Morgan fingerprint density at radius 1 is 1.07 bits per heavy atom. The molecule has 0 radical (unpaired) electrons. The van der Waals surface area contributed by atoms with Gasteiger partial charge in [0.05, 0.1) is 6.20 Å². The lowest BCUT2D eigenvalue weighted by Crippen LogP contribution is -2.51. The molecule has 0 atom stereocenters. The fraction of sp³-hybridized carbons (Fsp3) is 0.421. The average Bonchev–Trinajstić information content (AvgIpc) is 3.11. The molecule has 1 aliphatic heterocycles. The standard InChI is InChI=1S/C19H23FN4O2S/c1-13(2)17(25)22-8-10-23(11-9-22)18(26)16-12-21-19(27-3)24(16)15-6-4-14(20)5-7-15/h4-7,12-13H,8-11H2,1-3H3. The first-order valence-electron chi connectivity index (χ1n) is 8.88. The fourth-order valence-corrected chi connectivity index (χ4v) is 3.67. The number of piperazine rings is 1. The van der Waals surface area contributed by atoms with E-state index in [1.165, 1.54) is 23.9 Å². The maximum absolute atomic E-state index is 13.3. The number of carbonyl (C=O) groups is 2. The molecule has 1 aromatic heterocycles. The molecule has 2 aromatic rings. The van der Waals surface area contributed by atoms with Crippen molar-refractivity contribution in [2.45, 2.75) is 19.0 Å². The molecule has 2 amide bonds. The normalized spacial score (nSPS) is 14.7. The Kier molecular flexibility index (Phi) is 5.84. The van der Waals surface area contributed by atoms with Crippen molar-refractivity contribution < 1.29 is 14.0 Å². The van der Waals surface area contributed by atoms with Gasteiger partial charge in [0.15, 0.2) is 5.16 Å². The first-order valence-corrected chi connectivity index (χ1v) is 10.1. The van der Waals surface area contributed by atoms with Gasteiger partial charge in [0, 0.05) is 37.8 Å². The molecule has 1 saturated heterocycles. The number of rotatable bonds is 4. The van der Waals surface area contributed by atoms with Gasteiger partial charge in [-0.1, -0.05) is 25.6 Å². The second-order valence-electron chi connectivity index (χ2n) is 6.71. The molecule has 2 heterocycles. The third-order valence-corrected chi connectivity index (χ3v) is 5.24. The summed E-state index contributed by atoms with van der Waals surface area (Å²) in [4.78, 5) is 33.1. The minimum atomic E-state index is -0.330. The predicted octanol–water partition coefficient (Wildman–Crippen LogP) is 2.67. The molecule has 0 unspecified atom stereocenters. The van der Waals surface area contributed by atoms with E-state index in [1.807, 2.05) is 20.1 Å². The number of carbonyl (C=O) groups excluding carboxylic acids is 2. The van der Waals surface area contributed by atoms with Crippen LogP contribution in [-0.2, 0) is 4.79 Å². The van der Waals surface area contributed by atoms with Crippen LogP contribution < -0.4 is 0 Å². The molecule has 0 aliphatic carbocycles. The van der Waals surface area contributed by atoms with E-state index in [-0.39, 0.29) is 23.5 Å². The number of hydrogen-bond acceptors (Lipinski definition) is 4. The molecule has 0 bridgehead atoms. The predicted molar refractivity (Wildman–Crippen MR) is 103 cm³/mol. The smallest absolute Gasteiger partial charge is 0.272 e. The number of amides is 2. The molecule has 0 saturated carbocycles. The van der Waals surface area contributed by atoms with E-state index in [9.17, 15) is 14.0 Å². The van der Waals surface area contributed by atoms with Gasteiger partial charge < -0.3 is 9.80 Å². The zero-order chi connectivity index (χ0) is 19.6. The molecule has 1 aliphatic rings. The largest absolute Gasteiger partial charge is 0.339 e. The van der Waals surface area contributed by atoms with Crippen molar-refractivity contribution >= 4 is 23.6 Å². The highest BCUT2D eigenvalue weighted by Crippen LogP contribution is 2.23. The number of hydrogen-bond donors (Lipinski definition) is 0. The van der Waals surface area contributed by atoms with E-state index < -0.39 is 0 Å². The molecule has 0 N–H and O–H groups in total. The molecule has 8 heteroatoms. The SMILES string of the molecule is CSc1ncc(C(=O)N2CCN(C(=O)C(C)C)CC2)n1-c1ccc(F)cc1. The van der Waals surface area contributed by atoms with Crippen molar-refractivity contribution in [2.75, 3.05) is 32.4 Å². The lowest BCUT2D eigenvalue weighted by atomic mass is 10.1. The number of imidazole rings is 1. The van der Waals surface area contributed by atoms with Crippen LogP contribution in [0.2, 0.25) is 0 Å². The average molecular weight is 390 g/mol. The van der Waals surface area contributed by atoms with Crippen LogP contribution in [0.25, 0.3) is 5.69 Å². The first-order chi connectivity index (χ1) is 12.9. The summed E-state index contributed by atoms with van der Waals surface area (Å²) in [6.07, 6.45) is 3.44. The Hall–Kier alpha value is -2.35. The third kappa shape index (κ3) is 4.00. The van der Waals surface area contributed by atoms with Gasteiger partial charge in [-0.25, -0.2) is 9.37 Å². The van der Waals surface area contributed by atoms with Crippen molar-refractivity contribution in [3.63, 3.8) is 0 Å². The molecule has 1 aromatic carbocycles. The summed E-state index contributed by atoms with van der Waals surface area (Å²) in [6.45, 7) is 5.79. The number of nitrogens with zero attached hydrogens (tertiary/aromatic N) is 4. The van der Waals surface area contributed by atoms with Gasteiger partial charge in [-0.3, -0.25) is 14.2 Å². The Labute approximate surface area is 162 Å². The number of aromatic nitrogens is 2. The second-order valence-corrected chi connectivity index (χ2v) is 7.49. The summed E-state index contributed by atoms with van der Waals surface area (Å²) in [5.74, 6) is -0.397. The van der Waals surface area contributed by atoms with Crippen molar-refractivity contribution in [3.05, 3.63) is 42.0 Å². The maximum Gasteiger partial charge on any atom is 0.272 e. The highest BCUT2D eigenvalue weighted by Gasteiger charge is 2.28. The highest BCUT2D eigenvalue weighted by molar-refractivity contribution is 7.98. The summed E-state index contributed by atoms with van der Waals surface area (Å²) in [6, 6.07) is 5.99. The molecule has 0 spiro atoms. The van der Waals surface area contributed by atoms with Gasteiger partial charge in [0.25, 0.3) is 5.91 Å². The van der Waals surface area contributed by atoms with E-state index in [1.54, 1.807) is 32.7 Å². The van der Waals surface area contributed by atoms with E-state index in [0.717, 1.165) is 0 Å². The molecule has 144 valence electrons. The van der Waals surface area contributed by atoms with Crippen molar-refractivity contribution in [1.29, 1.82) is 0 Å². The molecular weight excluding hydrogens is 367 g/mol. The molecular formula is C19H23FN4O2S. The zero-order valence-corrected chi connectivity index (χ0v) is 16.5. The number of benzene rings is 1. The first kappa shape index (κ1) is 19.4. The number of halogens is 1.